The predicted molar refractivity (Wildman–Crippen MR) is 75.8 cm³/mol. The smallest absolute Gasteiger partial charge is 0.216 e. The zero-order valence-corrected chi connectivity index (χ0v) is 12.7. The highest BCUT2D eigenvalue weighted by atomic mass is 35.5. The molecule has 4 atom stereocenters. The van der Waals surface area contributed by atoms with Crippen molar-refractivity contribution in [3.05, 3.63) is 0 Å². The molecule has 0 spiro atoms. The number of sulfonamides is 1. The normalized spacial score (nSPS) is 39.2. The van der Waals surface area contributed by atoms with Crippen LogP contribution >= 0.6 is 12.4 Å². The van der Waals surface area contributed by atoms with E-state index in [9.17, 15) is 8.42 Å². The second kappa shape index (κ2) is 5.85. The summed E-state index contributed by atoms with van der Waals surface area (Å²) in [5, 5.41) is 0. The molecule has 3 rings (SSSR count). The molecule has 2 aliphatic heterocycles. The summed E-state index contributed by atoms with van der Waals surface area (Å²) in [6.45, 7) is 2.00. The van der Waals surface area contributed by atoms with E-state index < -0.39 is 10.0 Å². The summed E-state index contributed by atoms with van der Waals surface area (Å²) in [7, 11) is -3.16. The Hall–Kier alpha value is 0.120. The summed E-state index contributed by atoms with van der Waals surface area (Å²) >= 11 is 0. The van der Waals surface area contributed by atoms with E-state index in [1.165, 1.54) is 0 Å². The van der Waals surface area contributed by atoms with Gasteiger partial charge in [-0.2, -0.15) is 0 Å². The fraction of sp³-hybridized carbons (Fsp3) is 1.00. The Kier molecular flexibility index (Phi) is 4.78. The molecule has 2 N–H and O–H groups in total. The average molecular weight is 311 g/mol. The van der Waals surface area contributed by atoms with Crippen molar-refractivity contribution in [3.8, 4) is 0 Å². The number of rotatable bonds is 3. The molecule has 5 nitrogen and oxygen atoms in total. The van der Waals surface area contributed by atoms with Crippen LogP contribution in [-0.2, 0) is 14.8 Å². The number of nitrogens with two attached hydrogens (primary N) is 1. The molecule has 2 saturated heterocycles. The van der Waals surface area contributed by atoms with Gasteiger partial charge in [-0.3, -0.25) is 0 Å². The summed E-state index contributed by atoms with van der Waals surface area (Å²) in [6, 6.07) is 0.193. The molecule has 0 aromatic carbocycles. The lowest BCUT2D eigenvalue weighted by Crippen LogP contribution is -2.37. The molecular weight excluding hydrogens is 288 g/mol. The van der Waals surface area contributed by atoms with Crippen molar-refractivity contribution in [3.63, 3.8) is 0 Å². The zero-order chi connectivity index (χ0) is 12.8. The summed E-state index contributed by atoms with van der Waals surface area (Å²) in [4.78, 5) is 0. The van der Waals surface area contributed by atoms with Crippen LogP contribution in [-0.4, -0.2) is 50.3 Å². The molecule has 0 radical (unpaired) electrons. The predicted octanol–water partition coefficient (Wildman–Crippen LogP) is 0.586. The van der Waals surface area contributed by atoms with Gasteiger partial charge in [0.1, 0.15) is 0 Å². The molecule has 0 aromatic heterocycles. The fourth-order valence-corrected chi connectivity index (χ4v) is 5.37. The SMILES string of the molecule is Cl.NC1CCC2CN(S(=O)(=O)CC3CCCO3)CC12. The van der Waals surface area contributed by atoms with E-state index in [-0.39, 0.29) is 30.3 Å². The largest absolute Gasteiger partial charge is 0.377 e. The molecule has 1 aliphatic carbocycles. The van der Waals surface area contributed by atoms with Gasteiger partial charge >= 0.3 is 0 Å². The lowest BCUT2D eigenvalue weighted by molar-refractivity contribution is 0.126. The van der Waals surface area contributed by atoms with Gasteiger partial charge < -0.3 is 10.5 Å². The molecule has 0 aromatic rings. The molecule has 4 unspecified atom stereocenters. The van der Waals surface area contributed by atoms with Crippen LogP contribution in [0.1, 0.15) is 25.7 Å². The van der Waals surface area contributed by atoms with Crippen molar-refractivity contribution in [2.45, 2.75) is 37.8 Å². The maximum Gasteiger partial charge on any atom is 0.216 e. The Morgan fingerprint density at radius 2 is 2.00 bits per heavy atom. The number of hydrogen-bond donors (Lipinski definition) is 1. The van der Waals surface area contributed by atoms with E-state index in [1.807, 2.05) is 0 Å². The number of ether oxygens (including phenoxy) is 1. The Morgan fingerprint density at radius 3 is 2.63 bits per heavy atom. The Bertz CT molecular complexity index is 411. The highest BCUT2D eigenvalue weighted by molar-refractivity contribution is 7.89. The van der Waals surface area contributed by atoms with Crippen molar-refractivity contribution in [1.82, 2.24) is 4.31 Å². The number of fused-ring (bicyclic) bond motifs is 1. The number of hydrogen-bond acceptors (Lipinski definition) is 4. The molecular formula is C12H23ClN2O3S. The van der Waals surface area contributed by atoms with Crippen molar-refractivity contribution < 1.29 is 13.2 Å². The van der Waals surface area contributed by atoms with Gasteiger partial charge in [0, 0.05) is 25.7 Å². The third kappa shape index (κ3) is 3.08. The van der Waals surface area contributed by atoms with E-state index in [0.717, 1.165) is 25.7 Å². The summed E-state index contributed by atoms with van der Waals surface area (Å²) in [6.07, 6.45) is 3.90. The summed E-state index contributed by atoms with van der Waals surface area (Å²) < 4.78 is 31.8. The molecule has 2 heterocycles. The molecule has 112 valence electrons. The van der Waals surface area contributed by atoms with E-state index in [0.29, 0.717) is 31.5 Å². The van der Waals surface area contributed by atoms with Crippen LogP contribution in [0.3, 0.4) is 0 Å². The van der Waals surface area contributed by atoms with E-state index in [1.54, 1.807) is 4.31 Å². The molecule has 0 bridgehead atoms. The first-order valence-electron chi connectivity index (χ1n) is 6.91. The molecule has 19 heavy (non-hydrogen) atoms. The van der Waals surface area contributed by atoms with Crippen molar-refractivity contribution >= 4 is 22.4 Å². The Morgan fingerprint density at radius 1 is 1.21 bits per heavy atom. The van der Waals surface area contributed by atoms with Crippen molar-refractivity contribution in [2.75, 3.05) is 25.4 Å². The lowest BCUT2D eigenvalue weighted by Gasteiger charge is -2.20. The number of nitrogens with zero attached hydrogens (tertiary/aromatic N) is 1. The topological polar surface area (TPSA) is 72.6 Å². The molecule has 3 fully saturated rings. The van der Waals surface area contributed by atoms with Crippen LogP contribution < -0.4 is 5.73 Å². The fourth-order valence-electron chi connectivity index (χ4n) is 3.61. The lowest BCUT2D eigenvalue weighted by atomic mass is 9.98. The third-order valence-corrected chi connectivity index (χ3v) is 6.57. The van der Waals surface area contributed by atoms with Crippen LogP contribution in [0.5, 0.6) is 0 Å². The molecule has 0 amide bonds. The van der Waals surface area contributed by atoms with Crippen LogP contribution in [0.2, 0.25) is 0 Å². The highest BCUT2D eigenvalue weighted by Gasteiger charge is 2.45. The van der Waals surface area contributed by atoms with Gasteiger partial charge in [0.15, 0.2) is 0 Å². The standard InChI is InChI=1S/C12H22N2O3S.ClH/c13-12-4-3-9-6-14(7-11(9)12)18(15,16)8-10-2-1-5-17-10;/h9-12H,1-8,13H2;1H. The summed E-state index contributed by atoms with van der Waals surface area (Å²) in [5.74, 6) is 1.02. The van der Waals surface area contributed by atoms with Gasteiger partial charge in [-0.05, 0) is 37.5 Å². The summed E-state index contributed by atoms with van der Waals surface area (Å²) in [5.41, 5.74) is 6.04. The zero-order valence-electron chi connectivity index (χ0n) is 11.0. The van der Waals surface area contributed by atoms with Gasteiger partial charge in [-0.25, -0.2) is 12.7 Å². The number of halogens is 1. The van der Waals surface area contributed by atoms with Crippen molar-refractivity contribution in [2.24, 2.45) is 17.6 Å². The first-order valence-corrected chi connectivity index (χ1v) is 8.52. The minimum Gasteiger partial charge on any atom is -0.377 e. The van der Waals surface area contributed by atoms with E-state index in [2.05, 4.69) is 0 Å². The minimum absolute atomic E-state index is 0. The van der Waals surface area contributed by atoms with Crippen LogP contribution in [0, 0.1) is 11.8 Å². The highest BCUT2D eigenvalue weighted by Crippen LogP contribution is 2.38. The van der Waals surface area contributed by atoms with Crippen molar-refractivity contribution in [1.29, 1.82) is 0 Å². The first-order chi connectivity index (χ1) is 8.56. The van der Waals surface area contributed by atoms with E-state index in [4.69, 9.17) is 10.5 Å². The molecule has 1 saturated carbocycles. The monoisotopic (exact) mass is 310 g/mol. The quantitative estimate of drug-likeness (QED) is 0.828. The third-order valence-electron chi connectivity index (χ3n) is 4.69. The van der Waals surface area contributed by atoms with Gasteiger partial charge in [-0.1, -0.05) is 0 Å². The molecule has 3 aliphatic rings. The van der Waals surface area contributed by atoms with Gasteiger partial charge in [0.05, 0.1) is 11.9 Å². The van der Waals surface area contributed by atoms with Gasteiger partial charge in [0.25, 0.3) is 0 Å². The second-order valence-electron chi connectivity index (χ2n) is 5.90. The van der Waals surface area contributed by atoms with Gasteiger partial charge in [0.2, 0.25) is 10.0 Å². The molecule has 7 heteroatoms. The minimum atomic E-state index is -3.16. The van der Waals surface area contributed by atoms with E-state index >= 15 is 0 Å². The maximum absolute atomic E-state index is 12.3. The Balaban J connectivity index is 0.00000133. The Labute approximate surface area is 121 Å². The van der Waals surface area contributed by atoms with Gasteiger partial charge in [-0.15, -0.1) is 12.4 Å². The van der Waals surface area contributed by atoms with Crippen LogP contribution in [0.15, 0.2) is 0 Å². The second-order valence-corrected chi connectivity index (χ2v) is 7.91. The maximum atomic E-state index is 12.3. The average Bonchev–Trinajstić information content (AvgIpc) is 2.97. The van der Waals surface area contributed by atoms with Crippen LogP contribution in [0.4, 0.5) is 0 Å². The first kappa shape index (κ1) is 15.5. The van der Waals surface area contributed by atoms with Crippen LogP contribution in [0.25, 0.3) is 0 Å².